The van der Waals surface area contributed by atoms with E-state index in [9.17, 15) is 14.7 Å². The van der Waals surface area contributed by atoms with E-state index in [4.69, 9.17) is 25.6 Å². The molecule has 8 nitrogen and oxygen atoms in total. The number of rotatable bonds is 7. The van der Waals surface area contributed by atoms with Crippen LogP contribution in [-0.4, -0.2) is 35.7 Å². The molecule has 0 saturated carbocycles. The Labute approximate surface area is 201 Å². The second-order valence-corrected chi connectivity index (χ2v) is 8.14. The summed E-state index contributed by atoms with van der Waals surface area (Å²) >= 11 is 6.24. The van der Waals surface area contributed by atoms with Gasteiger partial charge in [0.15, 0.2) is 5.82 Å². The highest BCUT2D eigenvalue weighted by Gasteiger charge is 2.48. The van der Waals surface area contributed by atoms with Crippen molar-refractivity contribution < 1.29 is 28.7 Å². The Morgan fingerprint density at radius 1 is 1.21 bits per heavy atom. The highest BCUT2D eigenvalue weighted by atomic mass is 35.5. The number of ether oxygens (including phenoxy) is 2. The summed E-state index contributed by atoms with van der Waals surface area (Å²) in [6.45, 7) is 4.18. The number of Topliss-reactive ketones (excluding diaryl/α,β-unsaturated/α-hetero) is 1. The summed E-state index contributed by atoms with van der Waals surface area (Å²) < 4.78 is 16.1. The summed E-state index contributed by atoms with van der Waals surface area (Å²) in [7, 11) is 1.47. The highest BCUT2D eigenvalue weighted by Crippen LogP contribution is 2.43. The van der Waals surface area contributed by atoms with Crippen LogP contribution in [-0.2, 0) is 9.59 Å². The number of hydrogen-bond acceptors (Lipinski definition) is 7. The number of amides is 1. The van der Waals surface area contributed by atoms with Gasteiger partial charge in [0.05, 0.1) is 30.4 Å². The number of halogens is 1. The molecule has 34 heavy (non-hydrogen) atoms. The summed E-state index contributed by atoms with van der Waals surface area (Å²) in [4.78, 5) is 27.6. The molecule has 1 aliphatic heterocycles. The van der Waals surface area contributed by atoms with Gasteiger partial charge in [-0.2, -0.15) is 0 Å². The Hall–Kier alpha value is -3.78. The Kier molecular flexibility index (Phi) is 6.61. The molecule has 176 valence electrons. The van der Waals surface area contributed by atoms with Crippen molar-refractivity contribution >= 4 is 34.9 Å². The van der Waals surface area contributed by atoms with Crippen molar-refractivity contribution in [2.24, 2.45) is 0 Å². The van der Waals surface area contributed by atoms with Crippen LogP contribution < -0.4 is 14.4 Å². The predicted octanol–water partition coefficient (Wildman–Crippen LogP) is 5.06. The highest BCUT2D eigenvalue weighted by molar-refractivity contribution is 6.51. The van der Waals surface area contributed by atoms with Crippen molar-refractivity contribution in [3.8, 4) is 11.5 Å². The number of aliphatic hydroxyl groups excluding tert-OH is 1. The van der Waals surface area contributed by atoms with Gasteiger partial charge in [0.1, 0.15) is 23.0 Å². The molecule has 0 spiro atoms. The molecule has 1 saturated heterocycles. The smallest absolute Gasteiger partial charge is 0.301 e. The molecular weight excluding hydrogens is 460 g/mol. The van der Waals surface area contributed by atoms with Crippen LogP contribution in [0.1, 0.15) is 36.3 Å². The Morgan fingerprint density at radius 3 is 2.65 bits per heavy atom. The maximum absolute atomic E-state index is 13.2. The van der Waals surface area contributed by atoms with Gasteiger partial charge in [-0.15, -0.1) is 0 Å². The Balaban J connectivity index is 1.90. The average molecular weight is 483 g/mol. The van der Waals surface area contributed by atoms with Crippen molar-refractivity contribution in [2.75, 3.05) is 18.6 Å². The van der Waals surface area contributed by atoms with E-state index in [2.05, 4.69) is 5.16 Å². The first kappa shape index (κ1) is 23.4. The maximum Gasteiger partial charge on any atom is 0.301 e. The summed E-state index contributed by atoms with van der Waals surface area (Å²) in [6, 6.07) is 12.2. The Morgan fingerprint density at radius 2 is 2.00 bits per heavy atom. The minimum atomic E-state index is -0.962. The molecule has 9 heteroatoms. The van der Waals surface area contributed by atoms with Gasteiger partial charge in [0, 0.05) is 11.6 Å². The SMILES string of the molecule is CCCOc1cccc([C@H]2/C(=C(\O)c3ccc(OC)c(Cl)c3)C(=O)C(=O)N2c2cc(C)on2)c1. The fourth-order valence-corrected chi connectivity index (χ4v) is 4.07. The van der Waals surface area contributed by atoms with Crippen molar-refractivity contribution in [1.29, 1.82) is 0 Å². The molecule has 1 N–H and O–H groups in total. The molecule has 0 unspecified atom stereocenters. The summed E-state index contributed by atoms with van der Waals surface area (Å²) in [5.74, 6) is -0.429. The zero-order valence-corrected chi connectivity index (χ0v) is 19.6. The minimum absolute atomic E-state index is 0.0977. The predicted molar refractivity (Wildman–Crippen MR) is 126 cm³/mol. The van der Waals surface area contributed by atoms with Crippen molar-refractivity contribution in [3.63, 3.8) is 0 Å². The molecule has 1 amide bonds. The Bertz CT molecular complexity index is 1280. The average Bonchev–Trinajstić information content (AvgIpc) is 3.37. The third kappa shape index (κ3) is 4.24. The fourth-order valence-electron chi connectivity index (χ4n) is 3.81. The van der Waals surface area contributed by atoms with Gasteiger partial charge in [-0.25, -0.2) is 0 Å². The molecular formula is C25H23ClN2O6. The largest absolute Gasteiger partial charge is 0.507 e. The van der Waals surface area contributed by atoms with Crippen LogP contribution in [0, 0.1) is 6.92 Å². The summed E-state index contributed by atoms with van der Waals surface area (Å²) in [5, 5.41) is 15.4. The fraction of sp³-hybridized carbons (Fsp3) is 0.240. The first-order chi connectivity index (χ1) is 16.3. The standard InChI is InChI=1S/C25H23ClN2O6/c1-4-10-33-17-7-5-6-15(12-17)22-21(23(29)16-8-9-19(32-3)18(26)13-16)24(30)25(31)28(22)20-11-14(2)34-27-20/h5-9,11-13,22,29H,4,10H2,1-3H3/b23-21+/t22-/m0/s1. The molecule has 1 fully saturated rings. The third-order valence-electron chi connectivity index (χ3n) is 5.38. The number of hydrogen-bond donors (Lipinski definition) is 1. The molecule has 0 aliphatic carbocycles. The number of aromatic nitrogens is 1. The second-order valence-electron chi connectivity index (χ2n) is 7.74. The molecule has 1 aliphatic rings. The molecule has 1 aromatic heterocycles. The third-order valence-corrected chi connectivity index (χ3v) is 5.67. The topological polar surface area (TPSA) is 102 Å². The van der Waals surface area contributed by atoms with E-state index in [1.807, 2.05) is 6.92 Å². The molecule has 4 rings (SSSR count). The lowest BCUT2D eigenvalue weighted by atomic mass is 9.95. The van der Waals surface area contributed by atoms with E-state index in [1.165, 1.54) is 18.1 Å². The number of nitrogens with zero attached hydrogens (tertiary/aromatic N) is 2. The monoisotopic (exact) mass is 482 g/mol. The number of carbonyl (C=O) groups is 2. The van der Waals surface area contributed by atoms with Crippen LogP contribution in [0.3, 0.4) is 0 Å². The van der Waals surface area contributed by atoms with E-state index in [0.717, 1.165) is 6.42 Å². The number of anilines is 1. The number of ketones is 1. The van der Waals surface area contributed by atoms with Crippen LogP contribution in [0.4, 0.5) is 5.82 Å². The van der Waals surface area contributed by atoms with Crippen molar-refractivity contribution in [2.45, 2.75) is 26.3 Å². The molecule has 2 aromatic carbocycles. The van der Waals surface area contributed by atoms with E-state index < -0.39 is 17.7 Å². The quantitative estimate of drug-likeness (QED) is 0.285. The van der Waals surface area contributed by atoms with Gasteiger partial charge in [-0.05, 0) is 49.2 Å². The lowest BCUT2D eigenvalue weighted by molar-refractivity contribution is -0.132. The molecule has 0 bridgehead atoms. The van der Waals surface area contributed by atoms with Crippen LogP contribution in [0.15, 0.2) is 58.6 Å². The minimum Gasteiger partial charge on any atom is -0.507 e. The number of aryl methyl sites for hydroxylation is 1. The maximum atomic E-state index is 13.2. The van der Waals surface area contributed by atoms with Crippen LogP contribution in [0.5, 0.6) is 11.5 Å². The molecule has 2 heterocycles. The van der Waals surface area contributed by atoms with Crippen LogP contribution in [0.2, 0.25) is 5.02 Å². The zero-order chi connectivity index (χ0) is 24.4. The van der Waals surface area contributed by atoms with Gasteiger partial charge in [0.25, 0.3) is 5.78 Å². The van der Waals surface area contributed by atoms with Gasteiger partial charge >= 0.3 is 5.91 Å². The second kappa shape index (κ2) is 9.61. The van der Waals surface area contributed by atoms with E-state index in [1.54, 1.807) is 49.4 Å². The van der Waals surface area contributed by atoms with Gasteiger partial charge in [-0.3, -0.25) is 14.5 Å². The van der Waals surface area contributed by atoms with Crippen LogP contribution in [0.25, 0.3) is 5.76 Å². The van der Waals surface area contributed by atoms with Crippen molar-refractivity contribution in [1.82, 2.24) is 5.16 Å². The zero-order valence-electron chi connectivity index (χ0n) is 18.9. The number of carbonyl (C=O) groups excluding carboxylic acids is 2. The van der Waals surface area contributed by atoms with E-state index in [-0.39, 0.29) is 27.7 Å². The first-order valence-corrected chi connectivity index (χ1v) is 11.0. The molecule has 0 radical (unpaired) electrons. The lowest BCUT2D eigenvalue weighted by Gasteiger charge is -2.23. The van der Waals surface area contributed by atoms with Gasteiger partial charge < -0.3 is 19.1 Å². The lowest BCUT2D eigenvalue weighted by Crippen LogP contribution is -2.29. The summed E-state index contributed by atoms with van der Waals surface area (Å²) in [6.07, 6.45) is 0.819. The van der Waals surface area contributed by atoms with Gasteiger partial charge in [0.2, 0.25) is 0 Å². The summed E-state index contributed by atoms with van der Waals surface area (Å²) in [5.41, 5.74) is 0.734. The van der Waals surface area contributed by atoms with E-state index in [0.29, 0.717) is 29.4 Å². The van der Waals surface area contributed by atoms with Crippen molar-refractivity contribution in [3.05, 3.63) is 76.0 Å². The number of aliphatic hydroxyl groups is 1. The van der Waals surface area contributed by atoms with Gasteiger partial charge in [-0.1, -0.05) is 35.8 Å². The molecule has 1 atom stereocenters. The normalized spacial score (nSPS) is 17.3. The number of methoxy groups -OCH3 is 1. The number of benzene rings is 2. The first-order valence-electron chi connectivity index (χ1n) is 10.7. The molecule has 3 aromatic rings. The van der Waals surface area contributed by atoms with E-state index >= 15 is 0 Å². The van der Waals surface area contributed by atoms with Crippen LogP contribution >= 0.6 is 11.6 Å².